The first-order chi connectivity index (χ1) is 9.27. The van der Waals surface area contributed by atoms with Gasteiger partial charge in [0.25, 0.3) is 0 Å². The summed E-state index contributed by atoms with van der Waals surface area (Å²) in [4.78, 5) is 9.34. The van der Waals surface area contributed by atoms with E-state index in [1.807, 2.05) is 12.3 Å². The lowest BCUT2D eigenvalue weighted by atomic mass is 10.1. The SMILES string of the molecule is CN(C)C(CCCN1CCNCC1)c1ccccn1. The highest BCUT2D eigenvalue weighted by Crippen LogP contribution is 2.21. The number of piperazine rings is 1. The molecule has 1 N–H and O–H groups in total. The average Bonchev–Trinajstić information content (AvgIpc) is 2.45. The van der Waals surface area contributed by atoms with Crippen LogP contribution in [0.25, 0.3) is 0 Å². The third kappa shape index (κ3) is 4.56. The van der Waals surface area contributed by atoms with Crippen LogP contribution in [-0.2, 0) is 0 Å². The number of aromatic nitrogens is 1. The fourth-order valence-corrected chi connectivity index (χ4v) is 2.69. The van der Waals surface area contributed by atoms with Crippen LogP contribution < -0.4 is 5.32 Å². The molecule has 2 rings (SSSR count). The first kappa shape index (κ1) is 14.4. The third-order valence-electron chi connectivity index (χ3n) is 3.81. The summed E-state index contributed by atoms with van der Waals surface area (Å²) >= 11 is 0. The van der Waals surface area contributed by atoms with E-state index in [1.165, 1.54) is 38.2 Å². The van der Waals surface area contributed by atoms with E-state index in [1.54, 1.807) is 0 Å². The van der Waals surface area contributed by atoms with E-state index in [4.69, 9.17) is 0 Å². The number of nitrogens with zero attached hydrogens (tertiary/aromatic N) is 3. The van der Waals surface area contributed by atoms with Crippen molar-refractivity contribution in [2.45, 2.75) is 18.9 Å². The molecule has 1 aliphatic heterocycles. The molecule has 0 aromatic carbocycles. The zero-order valence-corrected chi connectivity index (χ0v) is 12.2. The normalized spacial score (nSPS) is 18.7. The number of hydrogen-bond donors (Lipinski definition) is 1. The molecule has 1 aliphatic rings. The number of pyridine rings is 1. The Balaban J connectivity index is 1.80. The highest BCUT2D eigenvalue weighted by Gasteiger charge is 2.16. The molecular formula is C15H26N4. The zero-order valence-electron chi connectivity index (χ0n) is 12.2. The van der Waals surface area contributed by atoms with Crippen LogP contribution in [0.5, 0.6) is 0 Å². The summed E-state index contributed by atoms with van der Waals surface area (Å²) in [5, 5.41) is 3.40. The quantitative estimate of drug-likeness (QED) is 0.839. The van der Waals surface area contributed by atoms with E-state index in [9.17, 15) is 0 Å². The molecule has 0 aliphatic carbocycles. The summed E-state index contributed by atoms with van der Waals surface area (Å²) in [6.45, 7) is 5.86. The van der Waals surface area contributed by atoms with Crippen molar-refractivity contribution in [2.75, 3.05) is 46.8 Å². The highest BCUT2D eigenvalue weighted by molar-refractivity contribution is 5.08. The van der Waals surface area contributed by atoms with Crippen molar-refractivity contribution in [1.29, 1.82) is 0 Å². The van der Waals surface area contributed by atoms with Gasteiger partial charge in [-0.25, -0.2) is 0 Å². The summed E-state index contributed by atoms with van der Waals surface area (Å²) in [5.41, 5.74) is 1.19. The van der Waals surface area contributed by atoms with Crippen molar-refractivity contribution >= 4 is 0 Å². The van der Waals surface area contributed by atoms with Gasteiger partial charge in [0, 0.05) is 32.4 Å². The molecule has 19 heavy (non-hydrogen) atoms. The Kier molecular flexibility index (Phi) is 5.76. The van der Waals surface area contributed by atoms with Gasteiger partial charge in [0.1, 0.15) is 0 Å². The van der Waals surface area contributed by atoms with Crippen molar-refractivity contribution in [3.63, 3.8) is 0 Å². The third-order valence-corrected chi connectivity index (χ3v) is 3.81. The van der Waals surface area contributed by atoms with Gasteiger partial charge in [-0.2, -0.15) is 0 Å². The largest absolute Gasteiger partial charge is 0.314 e. The first-order valence-electron chi connectivity index (χ1n) is 7.28. The van der Waals surface area contributed by atoms with Gasteiger partial charge in [0.2, 0.25) is 0 Å². The van der Waals surface area contributed by atoms with Crippen LogP contribution >= 0.6 is 0 Å². The van der Waals surface area contributed by atoms with E-state index >= 15 is 0 Å². The van der Waals surface area contributed by atoms with Crippen LogP contribution in [0.4, 0.5) is 0 Å². The Hall–Kier alpha value is -0.970. The Morgan fingerprint density at radius 3 is 2.74 bits per heavy atom. The zero-order chi connectivity index (χ0) is 13.5. The predicted molar refractivity (Wildman–Crippen MR) is 79.2 cm³/mol. The summed E-state index contributed by atoms with van der Waals surface area (Å²) < 4.78 is 0. The smallest absolute Gasteiger partial charge is 0.0575 e. The minimum atomic E-state index is 0.434. The fraction of sp³-hybridized carbons (Fsp3) is 0.667. The van der Waals surface area contributed by atoms with Gasteiger partial charge in [-0.15, -0.1) is 0 Å². The molecule has 0 radical (unpaired) electrons. The van der Waals surface area contributed by atoms with Crippen LogP contribution in [0.3, 0.4) is 0 Å². The molecule has 0 amide bonds. The maximum absolute atomic E-state index is 4.50. The lowest BCUT2D eigenvalue weighted by Gasteiger charge is -2.29. The second-order valence-corrected chi connectivity index (χ2v) is 5.47. The second-order valence-electron chi connectivity index (χ2n) is 5.47. The predicted octanol–water partition coefficient (Wildman–Crippen LogP) is 1.37. The Bertz CT molecular complexity index is 346. The maximum atomic E-state index is 4.50. The summed E-state index contributed by atoms with van der Waals surface area (Å²) in [7, 11) is 4.29. The summed E-state index contributed by atoms with van der Waals surface area (Å²) in [6, 6.07) is 6.63. The summed E-state index contributed by atoms with van der Waals surface area (Å²) in [6.07, 6.45) is 4.30. The van der Waals surface area contributed by atoms with E-state index in [0.717, 1.165) is 13.1 Å². The van der Waals surface area contributed by atoms with Crippen LogP contribution in [0, 0.1) is 0 Å². The van der Waals surface area contributed by atoms with Gasteiger partial charge in [0.05, 0.1) is 11.7 Å². The minimum Gasteiger partial charge on any atom is -0.314 e. The number of nitrogens with one attached hydrogen (secondary N) is 1. The standard InChI is InChI=1S/C15H26N4/c1-18(2)15(14-6-3-4-8-17-14)7-5-11-19-12-9-16-10-13-19/h3-4,6,8,15-16H,5,7,9-13H2,1-2H3. The second kappa shape index (κ2) is 7.58. The number of hydrogen-bond acceptors (Lipinski definition) is 4. The Labute approximate surface area is 116 Å². The molecule has 1 aromatic heterocycles. The van der Waals surface area contributed by atoms with Gasteiger partial charge >= 0.3 is 0 Å². The lowest BCUT2D eigenvalue weighted by molar-refractivity contribution is 0.216. The van der Waals surface area contributed by atoms with Crippen molar-refractivity contribution in [2.24, 2.45) is 0 Å². The Morgan fingerprint density at radius 2 is 2.11 bits per heavy atom. The fourth-order valence-electron chi connectivity index (χ4n) is 2.69. The summed E-state index contributed by atoms with van der Waals surface area (Å²) in [5.74, 6) is 0. The van der Waals surface area contributed by atoms with Gasteiger partial charge in [-0.05, 0) is 45.6 Å². The van der Waals surface area contributed by atoms with Crippen molar-refractivity contribution in [3.05, 3.63) is 30.1 Å². The Morgan fingerprint density at radius 1 is 1.32 bits per heavy atom. The monoisotopic (exact) mass is 262 g/mol. The molecule has 0 spiro atoms. The van der Waals surface area contributed by atoms with E-state index in [2.05, 4.69) is 46.3 Å². The number of rotatable bonds is 6. The van der Waals surface area contributed by atoms with Crippen molar-refractivity contribution < 1.29 is 0 Å². The van der Waals surface area contributed by atoms with Gasteiger partial charge in [-0.3, -0.25) is 4.98 Å². The van der Waals surface area contributed by atoms with E-state index < -0.39 is 0 Å². The van der Waals surface area contributed by atoms with Gasteiger partial charge in [0.15, 0.2) is 0 Å². The molecule has 0 bridgehead atoms. The molecule has 2 heterocycles. The van der Waals surface area contributed by atoms with E-state index in [0.29, 0.717) is 6.04 Å². The van der Waals surface area contributed by atoms with Crippen LogP contribution in [0.1, 0.15) is 24.6 Å². The maximum Gasteiger partial charge on any atom is 0.0575 e. The van der Waals surface area contributed by atoms with Crippen molar-refractivity contribution in [3.8, 4) is 0 Å². The van der Waals surface area contributed by atoms with Crippen LogP contribution in [0.2, 0.25) is 0 Å². The highest BCUT2D eigenvalue weighted by atomic mass is 15.2. The van der Waals surface area contributed by atoms with Crippen LogP contribution in [-0.4, -0.2) is 61.6 Å². The van der Waals surface area contributed by atoms with Crippen molar-refractivity contribution in [1.82, 2.24) is 20.1 Å². The van der Waals surface area contributed by atoms with E-state index in [-0.39, 0.29) is 0 Å². The molecule has 1 saturated heterocycles. The first-order valence-corrected chi connectivity index (χ1v) is 7.28. The molecule has 1 aromatic rings. The van der Waals surface area contributed by atoms with Crippen LogP contribution in [0.15, 0.2) is 24.4 Å². The molecule has 0 saturated carbocycles. The topological polar surface area (TPSA) is 31.4 Å². The van der Waals surface area contributed by atoms with Gasteiger partial charge < -0.3 is 15.1 Å². The molecule has 1 unspecified atom stereocenters. The lowest BCUT2D eigenvalue weighted by Crippen LogP contribution is -2.43. The molecule has 4 nitrogen and oxygen atoms in total. The minimum absolute atomic E-state index is 0.434. The molecule has 4 heteroatoms. The van der Waals surface area contributed by atoms with Gasteiger partial charge in [-0.1, -0.05) is 6.07 Å². The molecule has 106 valence electrons. The molecular weight excluding hydrogens is 236 g/mol. The average molecular weight is 262 g/mol. The molecule has 1 fully saturated rings. The molecule has 1 atom stereocenters.